The molecule has 0 bridgehead atoms. The third-order valence-corrected chi connectivity index (χ3v) is 6.60. The maximum Gasteiger partial charge on any atom is 0.272 e. The first-order valence-corrected chi connectivity index (χ1v) is 10.1. The first-order valence-electron chi connectivity index (χ1n) is 10.1. The summed E-state index contributed by atoms with van der Waals surface area (Å²) < 4.78 is 1.83. The predicted octanol–water partition coefficient (Wildman–Crippen LogP) is 3.31. The number of aromatic nitrogens is 2. The first-order chi connectivity index (χ1) is 13.0. The molecule has 0 aliphatic carbocycles. The first kappa shape index (κ1) is 18.2. The average Bonchev–Trinajstić information content (AvgIpc) is 3.23. The van der Waals surface area contributed by atoms with Gasteiger partial charge in [-0.1, -0.05) is 30.3 Å². The molecule has 5 heteroatoms. The Morgan fingerprint density at radius 2 is 1.93 bits per heavy atom. The number of rotatable bonds is 3. The van der Waals surface area contributed by atoms with Crippen LogP contribution in [0.2, 0.25) is 0 Å². The molecule has 1 aromatic carbocycles. The number of likely N-dealkylation sites (N-methyl/N-ethyl adjacent to an activating group) is 1. The predicted molar refractivity (Wildman–Crippen MR) is 107 cm³/mol. The summed E-state index contributed by atoms with van der Waals surface area (Å²) in [5.74, 6) is 0.732. The third-order valence-electron chi connectivity index (χ3n) is 6.60. The minimum Gasteiger partial charge on any atom is -0.337 e. The Labute approximate surface area is 162 Å². The van der Waals surface area contributed by atoms with Gasteiger partial charge in [-0.2, -0.15) is 5.10 Å². The number of hydrogen-bond donors (Lipinski definition) is 0. The van der Waals surface area contributed by atoms with Crippen LogP contribution in [0.5, 0.6) is 0 Å². The lowest BCUT2D eigenvalue weighted by Gasteiger charge is -2.43. The molecule has 5 nitrogen and oxygen atoms in total. The molecular weight excluding hydrogens is 336 g/mol. The highest BCUT2D eigenvalue weighted by Gasteiger charge is 2.46. The second-order valence-electron chi connectivity index (χ2n) is 8.20. The van der Waals surface area contributed by atoms with Crippen LogP contribution in [-0.4, -0.2) is 57.7 Å². The largest absolute Gasteiger partial charge is 0.337 e. The van der Waals surface area contributed by atoms with Crippen LogP contribution in [0.3, 0.4) is 0 Å². The Bertz CT molecular complexity index is 805. The van der Waals surface area contributed by atoms with Gasteiger partial charge in [0.2, 0.25) is 0 Å². The number of piperidine rings is 1. The van der Waals surface area contributed by atoms with E-state index < -0.39 is 0 Å². The molecule has 2 aromatic rings. The highest BCUT2D eigenvalue weighted by molar-refractivity contribution is 5.92. The zero-order chi connectivity index (χ0) is 19.0. The number of carbonyl (C=O) groups is 1. The van der Waals surface area contributed by atoms with Crippen LogP contribution in [0.1, 0.15) is 53.8 Å². The molecule has 27 heavy (non-hydrogen) atoms. The smallest absolute Gasteiger partial charge is 0.272 e. The molecule has 2 fully saturated rings. The van der Waals surface area contributed by atoms with Crippen molar-refractivity contribution in [3.63, 3.8) is 0 Å². The summed E-state index contributed by atoms with van der Waals surface area (Å²) in [5.41, 5.74) is 3.32. The molecule has 0 saturated carbocycles. The quantitative estimate of drug-likeness (QED) is 0.837. The Hall–Kier alpha value is -2.14. The molecule has 1 aromatic heterocycles. The van der Waals surface area contributed by atoms with Crippen molar-refractivity contribution in [1.29, 1.82) is 0 Å². The lowest BCUT2D eigenvalue weighted by atomic mass is 9.81. The summed E-state index contributed by atoms with van der Waals surface area (Å²) in [5, 5.41) is 4.43. The molecule has 2 aliphatic rings. The summed E-state index contributed by atoms with van der Waals surface area (Å²) in [6.45, 7) is 7.49. The van der Waals surface area contributed by atoms with Gasteiger partial charge < -0.3 is 4.90 Å². The summed E-state index contributed by atoms with van der Waals surface area (Å²) >= 11 is 0. The van der Waals surface area contributed by atoms with Crippen LogP contribution in [0.15, 0.2) is 36.4 Å². The number of benzene rings is 1. The van der Waals surface area contributed by atoms with E-state index >= 15 is 0 Å². The van der Waals surface area contributed by atoms with Crippen LogP contribution in [0.4, 0.5) is 0 Å². The molecule has 1 atom stereocenters. The van der Waals surface area contributed by atoms with Crippen molar-refractivity contribution in [3.8, 4) is 0 Å². The Kier molecular flexibility index (Phi) is 4.81. The molecule has 1 amide bonds. The molecule has 144 valence electrons. The summed E-state index contributed by atoms with van der Waals surface area (Å²) in [4.78, 5) is 17.6. The van der Waals surface area contributed by atoms with Crippen molar-refractivity contribution >= 4 is 5.91 Å². The van der Waals surface area contributed by atoms with Crippen molar-refractivity contribution < 1.29 is 4.79 Å². The molecule has 0 radical (unpaired) electrons. The minimum atomic E-state index is 0.132. The van der Waals surface area contributed by atoms with Gasteiger partial charge in [0.25, 0.3) is 5.91 Å². The van der Waals surface area contributed by atoms with E-state index in [1.807, 2.05) is 29.5 Å². The highest BCUT2D eigenvalue weighted by atomic mass is 16.2. The van der Waals surface area contributed by atoms with Crippen LogP contribution >= 0.6 is 0 Å². The molecule has 4 rings (SSSR count). The molecule has 0 N–H and O–H groups in total. The molecule has 1 spiro atoms. The second kappa shape index (κ2) is 7.12. The number of likely N-dealkylation sites (tertiary alicyclic amines) is 2. The van der Waals surface area contributed by atoms with Crippen LogP contribution in [-0.2, 0) is 6.54 Å². The molecule has 2 saturated heterocycles. The average molecular weight is 367 g/mol. The van der Waals surface area contributed by atoms with Crippen molar-refractivity contribution in [3.05, 3.63) is 53.3 Å². The van der Waals surface area contributed by atoms with E-state index in [0.29, 0.717) is 5.92 Å². The zero-order valence-electron chi connectivity index (χ0n) is 16.7. The van der Waals surface area contributed by atoms with E-state index in [2.05, 4.69) is 47.4 Å². The van der Waals surface area contributed by atoms with E-state index in [1.165, 1.54) is 12.0 Å². The number of carbonyl (C=O) groups excluding carboxylic acids is 1. The molecule has 3 heterocycles. The standard InChI is InChI=1S/C22H30N4O/c1-4-26-20(14-17(2)23-26)21(27)25-12-10-22(11-13-25)15-19(16-24(22)3)18-8-6-5-7-9-18/h5-9,14,19H,4,10-13,15-16H2,1-3H3/t19-/m0/s1. The molecular formula is C22H30N4O. The van der Waals surface area contributed by atoms with Gasteiger partial charge in [0, 0.05) is 31.7 Å². The Morgan fingerprint density at radius 3 is 2.59 bits per heavy atom. The lowest BCUT2D eigenvalue weighted by molar-refractivity contribution is 0.0482. The monoisotopic (exact) mass is 366 g/mol. The van der Waals surface area contributed by atoms with Gasteiger partial charge in [-0.15, -0.1) is 0 Å². The Morgan fingerprint density at radius 1 is 1.22 bits per heavy atom. The van der Waals surface area contributed by atoms with Gasteiger partial charge in [-0.3, -0.25) is 14.4 Å². The second-order valence-corrected chi connectivity index (χ2v) is 8.20. The van der Waals surface area contributed by atoms with Crippen LogP contribution in [0, 0.1) is 6.92 Å². The van der Waals surface area contributed by atoms with Crippen molar-refractivity contribution in [1.82, 2.24) is 19.6 Å². The van der Waals surface area contributed by atoms with Crippen molar-refractivity contribution in [2.75, 3.05) is 26.7 Å². The summed E-state index contributed by atoms with van der Waals surface area (Å²) in [6.07, 6.45) is 3.30. The van der Waals surface area contributed by atoms with Gasteiger partial charge >= 0.3 is 0 Å². The highest BCUT2D eigenvalue weighted by Crippen LogP contribution is 2.44. The van der Waals surface area contributed by atoms with E-state index in [0.717, 1.165) is 50.4 Å². The van der Waals surface area contributed by atoms with Gasteiger partial charge in [-0.25, -0.2) is 0 Å². The maximum absolute atomic E-state index is 13.0. The van der Waals surface area contributed by atoms with E-state index in [1.54, 1.807) is 0 Å². The Balaban J connectivity index is 1.44. The van der Waals surface area contributed by atoms with E-state index in [-0.39, 0.29) is 11.4 Å². The summed E-state index contributed by atoms with van der Waals surface area (Å²) in [7, 11) is 2.26. The minimum absolute atomic E-state index is 0.132. The van der Waals surface area contributed by atoms with Gasteiger partial charge in [0.05, 0.1) is 5.69 Å². The fourth-order valence-electron chi connectivity index (χ4n) is 4.98. The summed E-state index contributed by atoms with van der Waals surface area (Å²) in [6, 6.07) is 12.8. The number of aryl methyl sites for hydroxylation is 2. The fraction of sp³-hybridized carbons (Fsp3) is 0.545. The van der Waals surface area contributed by atoms with Crippen LogP contribution in [0.25, 0.3) is 0 Å². The van der Waals surface area contributed by atoms with Gasteiger partial charge in [-0.05, 0) is 57.7 Å². The van der Waals surface area contributed by atoms with E-state index in [9.17, 15) is 4.79 Å². The third kappa shape index (κ3) is 3.29. The lowest BCUT2D eigenvalue weighted by Crippen LogP contribution is -2.52. The maximum atomic E-state index is 13.0. The fourth-order valence-corrected chi connectivity index (χ4v) is 4.98. The van der Waals surface area contributed by atoms with Crippen LogP contribution < -0.4 is 0 Å². The number of amides is 1. The van der Waals surface area contributed by atoms with E-state index in [4.69, 9.17) is 0 Å². The normalized spacial score (nSPS) is 22.5. The van der Waals surface area contributed by atoms with Crippen molar-refractivity contribution in [2.45, 2.75) is 51.1 Å². The topological polar surface area (TPSA) is 41.4 Å². The number of nitrogens with zero attached hydrogens (tertiary/aromatic N) is 4. The number of hydrogen-bond acceptors (Lipinski definition) is 3. The van der Waals surface area contributed by atoms with Crippen molar-refractivity contribution in [2.24, 2.45) is 0 Å². The van der Waals surface area contributed by atoms with Gasteiger partial charge in [0.15, 0.2) is 0 Å². The zero-order valence-corrected chi connectivity index (χ0v) is 16.7. The molecule has 0 unspecified atom stereocenters. The SMILES string of the molecule is CCn1nc(C)cc1C(=O)N1CCC2(CC1)C[C@H](c1ccccc1)CN2C. The molecule has 2 aliphatic heterocycles. The van der Waals surface area contributed by atoms with Gasteiger partial charge in [0.1, 0.15) is 5.69 Å².